The number of carbonyl (C=O) groups excluding carboxylic acids is 1. The van der Waals surface area contributed by atoms with E-state index in [0.717, 1.165) is 35.2 Å². The Balaban J connectivity index is 1.86. The van der Waals surface area contributed by atoms with Crippen LogP contribution in [0.3, 0.4) is 0 Å². The van der Waals surface area contributed by atoms with E-state index in [-0.39, 0.29) is 17.7 Å². The summed E-state index contributed by atoms with van der Waals surface area (Å²) < 4.78 is 1.89. The first-order chi connectivity index (χ1) is 11.7. The molecule has 6 heteroatoms. The van der Waals surface area contributed by atoms with E-state index >= 15 is 0 Å². The van der Waals surface area contributed by atoms with Crippen molar-refractivity contribution in [2.45, 2.75) is 37.4 Å². The molecule has 0 spiro atoms. The Morgan fingerprint density at radius 1 is 1.33 bits per heavy atom. The number of hydrogen-bond donors (Lipinski definition) is 1. The van der Waals surface area contributed by atoms with Gasteiger partial charge in [0.25, 0.3) is 0 Å². The van der Waals surface area contributed by atoms with Crippen molar-refractivity contribution in [3.8, 4) is 0 Å². The van der Waals surface area contributed by atoms with Crippen molar-refractivity contribution in [1.29, 1.82) is 0 Å². The highest BCUT2D eigenvalue weighted by Crippen LogP contribution is 2.41. The Labute approximate surface area is 145 Å². The fourth-order valence-corrected chi connectivity index (χ4v) is 3.87. The standard InChI is InChI=1S/C18H20N4OS/c1-3-11-7-9-12(10-8-11)16-15-13(5-4-6-14(15)23)19-17-20-18(24-2)21-22(16)17/h5,7-10,15-16H,3-4,6H2,1-2H3,(H,19,20,21)/t15-,16-/m1/s1. The Morgan fingerprint density at radius 3 is 2.83 bits per heavy atom. The molecule has 0 bridgehead atoms. The molecule has 1 N–H and O–H groups in total. The first-order valence-electron chi connectivity index (χ1n) is 8.30. The SMILES string of the molecule is CCc1ccc([C@@H]2[C@H]3C(=O)CCC=C3Nc3nc(SC)nn32)cc1. The van der Waals surface area contributed by atoms with Gasteiger partial charge >= 0.3 is 0 Å². The lowest BCUT2D eigenvalue weighted by molar-refractivity contribution is -0.123. The number of carbonyl (C=O) groups is 1. The second-order valence-corrected chi connectivity index (χ2v) is 6.95. The van der Waals surface area contributed by atoms with Crippen LogP contribution in [0.2, 0.25) is 0 Å². The molecule has 5 nitrogen and oxygen atoms in total. The van der Waals surface area contributed by atoms with Gasteiger partial charge in [-0.25, -0.2) is 4.68 Å². The molecule has 0 unspecified atom stereocenters. The van der Waals surface area contributed by atoms with Gasteiger partial charge < -0.3 is 5.32 Å². The topological polar surface area (TPSA) is 59.8 Å². The molecule has 24 heavy (non-hydrogen) atoms. The Hall–Kier alpha value is -2.08. The lowest BCUT2D eigenvalue weighted by atomic mass is 9.80. The minimum atomic E-state index is -0.199. The van der Waals surface area contributed by atoms with Crippen molar-refractivity contribution in [2.75, 3.05) is 11.6 Å². The van der Waals surface area contributed by atoms with Crippen LogP contribution in [0.15, 0.2) is 41.2 Å². The number of anilines is 1. The van der Waals surface area contributed by atoms with Crippen molar-refractivity contribution >= 4 is 23.5 Å². The summed E-state index contributed by atoms with van der Waals surface area (Å²) in [6, 6.07) is 8.40. The predicted molar refractivity (Wildman–Crippen MR) is 95.2 cm³/mol. The second kappa shape index (κ2) is 6.09. The molecule has 1 aromatic carbocycles. The van der Waals surface area contributed by atoms with E-state index in [1.807, 2.05) is 10.9 Å². The molecule has 0 amide bonds. The van der Waals surface area contributed by atoms with E-state index in [1.54, 1.807) is 0 Å². The first-order valence-corrected chi connectivity index (χ1v) is 9.53. The quantitative estimate of drug-likeness (QED) is 0.867. The van der Waals surface area contributed by atoms with Crippen LogP contribution in [-0.2, 0) is 11.2 Å². The molecule has 0 fully saturated rings. The summed E-state index contributed by atoms with van der Waals surface area (Å²) in [5.41, 5.74) is 3.38. The number of fused-ring (bicyclic) bond motifs is 2. The van der Waals surface area contributed by atoms with Gasteiger partial charge in [0.2, 0.25) is 11.1 Å². The maximum Gasteiger partial charge on any atom is 0.227 e. The zero-order chi connectivity index (χ0) is 16.7. The van der Waals surface area contributed by atoms with E-state index in [0.29, 0.717) is 6.42 Å². The monoisotopic (exact) mass is 340 g/mol. The molecule has 0 radical (unpaired) electrons. The molecular weight excluding hydrogens is 320 g/mol. The maximum absolute atomic E-state index is 12.7. The largest absolute Gasteiger partial charge is 0.328 e. The highest BCUT2D eigenvalue weighted by atomic mass is 32.2. The summed E-state index contributed by atoms with van der Waals surface area (Å²) in [5, 5.41) is 8.67. The number of aromatic nitrogens is 3. The number of benzene rings is 1. The van der Waals surface area contributed by atoms with Crippen molar-refractivity contribution < 1.29 is 4.79 Å². The van der Waals surface area contributed by atoms with Crippen LogP contribution in [0.4, 0.5) is 5.95 Å². The normalized spacial score (nSPS) is 22.4. The number of Topliss-reactive ketones (excluding diaryl/α,β-unsaturated/α-hetero) is 1. The van der Waals surface area contributed by atoms with Crippen LogP contribution in [0.5, 0.6) is 0 Å². The average molecular weight is 340 g/mol. The Bertz CT molecular complexity index is 809. The zero-order valence-electron chi connectivity index (χ0n) is 13.8. The molecule has 0 saturated carbocycles. The van der Waals surface area contributed by atoms with E-state index in [1.165, 1.54) is 17.3 Å². The van der Waals surface area contributed by atoms with Gasteiger partial charge in [-0.1, -0.05) is 49.0 Å². The third-order valence-corrected chi connectivity index (χ3v) is 5.33. The highest BCUT2D eigenvalue weighted by molar-refractivity contribution is 7.98. The molecule has 2 aliphatic rings. The van der Waals surface area contributed by atoms with Gasteiger partial charge in [0.15, 0.2) is 0 Å². The number of allylic oxidation sites excluding steroid dienone is 2. The molecule has 2 atom stereocenters. The van der Waals surface area contributed by atoms with Gasteiger partial charge in [-0.05, 0) is 30.2 Å². The smallest absolute Gasteiger partial charge is 0.227 e. The zero-order valence-corrected chi connectivity index (χ0v) is 14.6. The van der Waals surface area contributed by atoms with Crippen LogP contribution >= 0.6 is 11.8 Å². The van der Waals surface area contributed by atoms with Gasteiger partial charge in [0.1, 0.15) is 5.78 Å². The minimum Gasteiger partial charge on any atom is -0.328 e. The second-order valence-electron chi connectivity index (χ2n) is 6.17. The lowest BCUT2D eigenvalue weighted by Gasteiger charge is -2.36. The van der Waals surface area contributed by atoms with Crippen LogP contribution in [0.1, 0.15) is 36.9 Å². The molecule has 4 rings (SSSR count). The molecule has 2 aromatic rings. The first kappa shape index (κ1) is 15.4. The third kappa shape index (κ3) is 2.45. The maximum atomic E-state index is 12.7. The summed E-state index contributed by atoms with van der Waals surface area (Å²) in [7, 11) is 0. The molecule has 1 aromatic heterocycles. The third-order valence-electron chi connectivity index (χ3n) is 4.80. The van der Waals surface area contributed by atoms with E-state index in [9.17, 15) is 4.79 Å². The van der Waals surface area contributed by atoms with Crippen molar-refractivity contribution in [3.63, 3.8) is 0 Å². The van der Waals surface area contributed by atoms with Crippen molar-refractivity contribution in [2.24, 2.45) is 5.92 Å². The average Bonchev–Trinajstić information content (AvgIpc) is 3.03. The van der Waals surface area contributed by atoms with E-state index in [4.69, 9.17) is 0 Å². The molecule has 1 aliphatic heterocycles. The Morgan fingerprint density at radius 2 is 2.12 bits per heavy atom. The number of nitrogens with zero attached hydrogens (tertiary/aromatic N) is 3. The number of aryl methyl sites for hydroxylation is 1. The number of rotatable bonds is 3. The van der Waals surface area contributed by atoms with Crippen molar-refractivity contribution in [1.82, 2.24) is 14.8 Å². The minimum absolute atomic E-state index is 0.125. The summed E-state index contributed by atoms with van der Waals surface area (Å²) in [6.07, 6.45) is 6.49. The lowest BCUT2D eigenvalue weighted by Crippen LogP contribution is -2.38. The highest BCUT2D eigenvalue weighted by Gasteiger charge is 2.41. The van der Waals surface area contributed by atoms with E-state index < -0.39 is 0 Å². The van der Waals surface area contributed by atoms with E-state index in [2.05, 4.69) is 52.7 Å². The summed E-state index contributed by atoms with van der Waals surface area (Å²) >= 11 is 1.51. The molecule has 0 saturated heterocycles. The summed E-state index contributed by atoms with van der Waals surface area (Å²) in [6.45, 7) is 2.14. The summed E-state index contributed by atoms with van der Waals surface area (Å²) in [5.74, 6) is 0.799. The van der Waals surface area contributed by atoms with Gasteiger partial charge in [0.05, 0.1) is 12.0 Å². The van der Waals surface area contributed by atoms with Crippen LogP contribution in [0.25, 0.3) is 0 Å². The predicted octanol–water partition coefficient (Wildman–Crippen LogP) is 3.44. The number of nitrogens with one attached hydrogen (secondary N) is 1. The number of thioether (sulfide) groups is 1. The fraction of sp³-hybridized carbons (Fsp3) is 0.389. The van der Waals surface area contributed by atoms with Crippen LogP contribution in [0, 0.1) is 5.92 Å². The molecule has 1 aliphatic carbocycles. The van der Waals surface area contributed by atoms with Gasteiger partial charge in [0, 0.05) is 12.1 Å². The fourth-order valence-electron chi connectivity index (χ4n) is 3.52. The Kier molecular flexibility index (Phi) is 3.92. The van der Waals surface area contributed by atoms with Crippen molar-refractivity contribution in [3.05, 3.63) is 47.2 Å². The molecular formula is C18H20N4OS. The molecule has 124 valence electrons. The van der Waals surface area contributed by atoms with Gasteiger partial charge in [-0.2, -0.15) is 4.98 Å². The molecule has 2 heterocycles. The summed E-state index contributed by atoms with van der Waals surface area (Å²) in [4.78, 5) is 17.2. The van der Waals surface area contributed by atoms with Gasteiger partial charge in [-0.15, -0.1) is 5.10 Å². The number of ketones is 1. The van der Waals surface area contributed by atoms with Crippen LogP contribution in [-0.4, -0.2) is 26.8 Å². The van der Waals surface area contributed by atoms with Crippen LogP contribution < -0.4 is 5.32 Å². The van der Waals surface area contributed by atoms with Gasteiger partial charge in [-0.3, -0.25) is 4.79 Å². The number of hydrogen-bond acceptors (Lipinski definition) is 5.